The summed E-state index contributed by atoms with van der Waals surface area (Å²) in [6, 6.07) is 10.7. The van der Waals surface area contributed by atoms with Crippen molar-refractivity contribution < 1.29 is 4.39 Å². The van der Waals surface area contributed by atoms with Crippen molar-refractivity contribution in [1.82, 2.24) is 25.1 Å². The Balaban J connectivity index is 1.38. The predicted octanol–water partition coefficient (Wildman–Crippen LogP) is 3.56. The quantitative estimate of drug-likeness (QED) is 0.575. The van der Waals surface area contributed by atoms with E-state index in [0.29, 0.717) is 36.2 Å². The number of pyridine rings is 2. The van der Waals surface area contributed by atoms with Gasteiger partial charge in [0.2, 0.25) is 5.95 Å². The van der Waals surface area contributed by atoms with E-state index in [4.69, 9.17) is 10.2 Å². The van der Waals surface area contributed by atoms with E-state index in [1.54, 1.807) is 6.20 Å². The Morgan fingerprint density at radius 1 is 1.23 bits per heavy atom. The van der Waals surface area contributed by atoms with Crippen LogP contribution >= 0.6 is 0 Å². The number of aromatic amines is 1. The van der Waals surface area contributed by atoms with Gasteiger partial charge in [-0.1, -0.05) is 0 Å². The molecule has 3 aromatic rings. The van der Waals surface area contributed by atoms with Crippen LogP contribution in [0.25, 0.3) is 10.9 Å². The lowest BCUT2D eigenvalue weighted by atomic mass is 9.97. The van der Waals surface area contributed by atoms with E-state index in [2.05, 4.69) is 36.8 Å². The van der Waals surface area contributed by atoms with Crippen LogP contribution < -0.4 is 10.6 Å². The van der Waals surface area contributed by atoms with E-state index in [1.807, 2.05) is 18.2 Å². The van der Waals surface area contributed by atoms with Gasteiger partial charge in [0.25, 0.3) is 0 Å². The van der Waals surface area contributed by atoms with Crippen molar-refractivity contribution in [2.24, 2.45) is 0 Å². The van der Waals surface area contributed by atoms with Crippen molar-refractivity contribution in [3.8, 4) is 6.07 Å². The summed E-state index contributed by atoms with van der Waals surface area (Å²) in [5.74, 6) is 1.19. The minimum Gasteiger partial charge on any atom is -0.367 e. The van der Waals surface area contributed by atoms with E-state index >= 15 is 0 Å². The number of nitriles is 1. The maximum atomic E-state index is 13.2. The maximum absolute atomic E-state index is 13.2. The fraction of sp³-hybridized carbons (Fsp3) is 0.429. The summed E-state index contributed by atoms with van der Waals surface area (Å²) in [6.07, 6.45) is 6.79. The van der Waals surface area contributed by atoms with Crippen LogP contribution in [-0.2, 0) is 0 Å². The molecule has 2 fully saturated rings. The summed E-state index contributed by atoms with van der Waals surface area (Å²) < 4.78 is 13.2. The van der Waals surface area contributed by atoms with Crippen LogP contribution in [0.2, 0.25) is 0 Å². The van der Waals surface area contributed by atoms with Gasteiger partial charge in [-0.15, -0.1) is 0 Å². The predicted molar refractivity (Wildman–Crippen MR) is 112 cm³/mol. The zero-order valence-electron chi connectivity index (χ0n) is 16.5. The van der Waals surface area contributed by atoms with E-state index in [1.165, 1.54) is 18.9 Å². The third-order valence-corrected chi connectivity index (χ3v) is 6.11. The first kappa shape index (κ1) is 18.8. The Labute approximate surface area is 173 Å². The molecule has 0 amide bonds. The third-order valence-electron chi connectivity index (χ3n) is 6.11. The van der Waals surface area contributed by atoms with E-state index in [0.717, 1.165) is 36.1 Å². The second kappa shape index (κ2) is 7.88. The normalized spacial score (nSPS) is 23.4. The van der Waals surface area contributed by atoms with Crippen molar-refractivity contribution in [3.05, 3.63) is 36.4 Å². The first-order chi connectivity index (χ1) is 14.7. The second-order valence-electron chi connectivity index (χ2n) is 8.00. The SMILES string of the molecule is N#CCCN1[C@@H]2CC[C@H]1C[C@H](Nc1nc(Nc3cc(F)[nH]n3)cc3ncccc13)C2. The summed E-state index contributed by atoms with van der Waals surface area (Å²) in [5, 5.41) is 22.7. The molecule has 0 unspecified atom stereocenters. The van der Waals surface area contributed by atoms with Crippen LogP contribution in [0.4, 0.5) is 21.8 Å². The number of fused-ring (bicyclic) bond motifs is 3. The van der Waals surface area contributed by atoms with Gasteiger partial charge in [0.1, 0.15) is 11.6 Å². The van der Waals surface area contributed by atoms with Crippen molar-refractivity contribution in [3.63, 3.8) is 0 Å². The Hall–Kier alpha value is -3.25. The number of aromatic nitrogens is 4. The number of H-pyrrole nitrogens is 1. The van der Waals surface area contributed by atoms with Gasteiger partial charge in [-0.25, -0.2) is 4.98 Å². The lowest BCUT2D eigenvalue weighted by Gasteiger charge is -2.39. The molecule has 9 heteroatoms. The lowest BCUT2D eigenvalue weighted by Crippen LogP contribution is -2.47. The second-order valence-corrected chi connectivity index (χ2v) is 8.00. The van der Waals surface area contributed by atoms with E-state index < -0.39 is 5.95 Å². The molecule has 0 saturated carbocycles. The number of rotatable bonds is 6. The van der Waals surface area contributed by atoms with Crippen LogP contribution in [-0.4, -0.2) is 49.7 Å². The van der Waals surface area contributed by atoms with Gasteiger partial charge in [0, 0.05) is 54.8 Å². The molecule has 5 heterocycles. The Kier molecular flexibility index (Phi) is 4.93. The van der Waals surface area contributed by atoms with Crippen LogP contribution in [0.1, 0.15) is 32.1 Å². The monoisotopic (exact) mass is 406 g/mol. The zero-order chi connectivity index (χ0) is 20.5. The molecule has 2 bridgehead atoms. The van der Waals surface area contributed by atoms with Crippen LogP contribution in [0, 0.1) is 17.3 Å². The minimum atomic E-state index is -0.506. The van der Waals surface area contributed by atoms with E-state index in [9.17, 15) is 4.39 Å². The first-order valence-electron chi connectivity index (χ1n) is 10.3. The number of nitrogens with zero attached hydrogens (tertiary/aromatic N) is 5. The molecule has 3 atom stereocenters. The molecule has 0 spiro atoms. The molecule has 0 aromatic carbocycles. The van der Waals surface area contributed by atoms with Gasteiger partial charge in [0.15, 0.2) is 5.82 Å². The Bertz CT molecular complexity index is 1080. The molecule has 5 rings (SSSR count). The van der Waals surface area contributed by atoms with Gasteiger partial charge in [0.05, 0.1) is 11.6 Å². The molecular weight excluding hydrogens is 383 g/mol. The molecule has 2 aliphatic heterocycles. The smallest absolute Gasteiger partial charge is 0.211 e. The van der Waals surface area contributed by atoms with Crippen LogP contribution in [0.15, 0.2) is 30.5 Å². The summed E-state index contributed by atoms with van der Waals surface area (Å²) in [4.78, 5) is 11.7. The van der Waals surface area contributed by atoms with E-state index in [-0.39, 0.29) is 0 Å². The zero-order valence-corrected chi connectivity index (χ0v) is 16.5. The average molecular weight is 406 g/mol. The Morgan fingerprint density at radius 2 is 2.07 bits per heavy atom. The number of halogens is 1. The number of nitrogens with one attached hydrogen (secondary N) is 3. The number of anilines is 3. The molecule has 8 nitrogen and oxygen atoms in total. The van der Waals surface area contributed by atoms with Gasteiger partial charge >= 0.3 is 0 Å². The highest BCUT2D eigenvalue weighted by atomic mass is 19.1. The molecule has 3 N–H and O–H groups in total. The van der Waals surface area contributed by atoms with Crippen molar-refractivity contribution in [2.45, 2.75) is 50.2 Å². The molecule has 0 radical (unpaired) electrons. The average Bonchev–Trinajstić information content (AvgIpc) is 3.25. The molecular formula is C21H23FN8. The van der Waals surface area contributed by atoms with Crippen molar-refractivity contribution in [1.29, 1.82) is 5.26 Å². The van der Waals surface area contributed by atoms with Gasteiger partial charge < -0.3 is 10.6 Å². The third kappa shape index (κ3) is 3.66. The fourth-order valence-electron chi connectivity index (χ4n) is 4.87. The molecule has 3 aromatic heterocycles. The molecule has 30 heavy (non-hydrogen) atoms. The van der Waals surface area contributed by atoms with Crippen LogP contribution in [0.5, 0.6) is 0 Å². The Morgan fingerprint density at radius 3 is 2.80 bits per heavy atom. The summed E-state index contributed by atoms with van der Waals surface area (Å²) in [6.45, 7) is 0.864. The summed E-state index contributed by atoms with van der Waals surface area (Å²) >= 11 is 0. The highest BCUT2D eigenvalue weighted by molar-refractivity contribution is 5.91. The molecule has 154 valence electrons. The fourth-order valence-corrected chi connectivity index (χ4v) is 4.87. The maximum Gasteiger partial charge on any atom is 0.211 e. The summed E-state index contributed by atoms with van der Waals surface area (Å²) in [5.41, 5.74) is 0.808. The number of piperidine rings is 1. The van der Waals surface area contributed by atoms with Crippen molar-refractivity contribution >= 4 is 28.4 Å². The van der Waals surface area contributed by atoms with Gasteiger partial charge in [-0.3, -0.25) is 15.0 Å². The molecule has 2 saturated heterocycles. The van der Waals surface area contributed by atoms with Gasteiger partial charge in [-0.2, -0.15) is 14.8 Å². The minimum absolute atomic E-state index is 0.315. The topological polar surface area (TPSA) is 106 Å². The number of hydrogen-bond donors (Lipinski definition) is 3. The first-order valence-corrected chi connectivity index (χ1v) is 10.3. The standard InChI is InChI=1S/C21H23FN8/c22-18-12-20(29-28-18)26-19-11-17-16(3-1-7-24-17)21(27-19)25-13-9-14-4-5-15(10-13)30(14)8-2-6-23/h1,3,7,11-15H,2,4-5,8-10H2,(H3,25,26,27,28,29)/t13-,14-,15+. The summed E-state index contributed by atoms with van der Waals surface area (Å²) in [7, 11) is 0. The highest BCUT2D eigenvalue weighted by Gasteiger charge is 2.40. The highest BCUT2D eigenvalue weighted by Crippen LogP contribution is 2.37. The van der Waals surface area contributed by atoms with Crippen molar-refractivity contribution in [2.75, 3.05) is 17.2 Å². The largest absolute Gasteiger partial charge is 0.367 e. The van der Waals surface area contributed by atoms with Gasteiger partial charge in [-0.05, 0) is 37.8 Å². The number of hydrogen-bond acceptors (Lipinski definition) is 7. The molecule has 2 aliphatic rings. The molecule has 0 aliphatic carbocycles. The van der Waals surface area contributed by atoms with Crippen LogP contribution in [0.3, 0.4) is 0 Å². The lowest BCUT2D eigenvalue weighted by molar-refractivity contribution is 0.136.